The third-order valence-corrected chi connectivity index (χ3v) is 3.25. The van der Waals surface area contributed by atoms with Crippen LogP contribution < -0.4 is 10.6 Å². The largest absolute Gasteiger partial charge is 0.349 e. The van der Waals surface area contributed by atoms with Gasteiger partial charge in [-0.05, 0) is 38.5 Å². The van der Waals surface area contributed by atoms with Crippen molar-refractivity contribution in [1.82, 2.24) is 15.6 Å². The van der Waals surface area contributed by atoms with Gasteiger partial charge < -0.3 is 10.6 Å². The predicted molar refractivity (Wildman–Crippen MR) is 89.2 cm³/mol. The number of pyridine rings is 1. The third-order valence-electron chi connectivity index (χ3n) is 3.25. The number of nitrogens with zero attached hydrogens (tertiary/aromatic N) is 1. The molecule has 2 rings (SSSR count). The van der Waals surface area contributed by atoms with E-state index in [4.69, 9.17) is 0 Å². The number of rotatable bonds is 5. The molecule has 23 heavy (non-hydrogen) atoms. The van der Waals surface area contributed by atoms with Crippen molar-refractivity contribution in [2.24, 2.45) is 0 Å². The number of amides is 2. The van der Waals surface area contributed by atoms with E-state index in [9.17, 15) is 9.59 Å². The lowest BCUT2D eigenvalue weighted by Gasteiger charge is -2.09. The molecule has 1 aromatic heterocycles. The smallest absolute Gasteiger partial charge is 0.270 e. The van der Waals surface area contributed by atoms with Crippen molar-refractivity contribution < 1.29 is 9.59 Å². The molecule has 5 heteroatoms. The van der Waals surface area contributed by atoms with Gasteiger partial charge in [0.1, 0.15) is 5.69 Å². The van der Waals surface area contributed by atoms with Crippen LogP contribution in [0.1, 0.15) is 45.8 Å². The van der Waals surface area contributed by atoms with Crippen LogP contribution >= 0.6 is 0 Å². The van der Waals surface area contributed by atoms with Crippen molar-refractivity contribution >= 4 is 11.8 Å². The molecule has 2 amide bonds. The Labute approximate surface area is 136 Å². The molecule has 0 spiro atoms. The Morgan fingerprint density at radius 2 is 1.78 bits per heavy atom. The summed E-state index contributed by atoms with van der Waals surface area (Å²) in [6.45, 7) is 6.20. The molecule has 0 fully saturated rings. The summed E-state index contributed by atoms with van der Waals surface area (Å²) in [6, 6.07) is 11.1. The monoisotopic (exact) mass is 311 g/mol. The maximum absolute atomic E-state index is 12.2. The van der Waals surface area contributed by atoms with Gasteiger partial charge in [0.15, 0.2) is 0 Å². The highest BCUT2D eigenvalue weighted by Crippen LogP contribution is 2.05. The van der Waals surface area contributed by atoms with E-state index in [-0.39, 0.29) is 23.6 Å². The Hall–Kier alpha value is -2.69. The van der Waals surface area contributed by atoms with Crippen LogP contribution in [0.3, 0.4) is 0 Å². The molecule has 0 aliphatic carbocycles. The average Bonchev–Trinajstić information content (AvgIpc) is 2.53. The van der Waals surface area contributed by atoms with Crippen LogP contribution in [0.2, 0.25) is 0 Å². The normalized spacial score (nSPS) is 10.4. The van der Waals surface area contributed by atoms with Crippen LogP contribution in [-0.2, 0) is 6.54 Å². The quantitative estimate of drug-likeness (QED) is 0.891. The van der Waals surface area contributed by atoms with E-state index in [1.165, 1.54) is 17.8 Å². The van der Waals surface area contributed by atoms with Crippen LogP contribution in [0.15, 0.2) is 42.6 Å². The average molecular weight is 311 g/mol. The molecule has 1 aromatic carbocycles. The maximum atomic E-state index is 12.2. The molecular weight excluding hydrogens is 290 g/mol. The number of carbonyl (C=O) groups is 2. The first-order chi connectivity index (χ1) is 11.0. The highest BCUT2D eigenvalue weighted by molar-refractivity contribution is 5.98. The van der Waals surface area contributed by atoms with Gasteiger partial charge in [-0.25, -0.2) is 0 Å². The fraction of sp³-hybridized carbons (Fsp3) is 0.278. The molecule has 120 valence electrons. The van der Waals surface area contributed by atoms with E-state index in [1.54, 1.807) is 6.07 Å². The lowest BCUT2D eigenvalue weighted by atomic mass is 10.1. The van der Waals surface area contributed by atoms with Gasteiger partial charge in [0.25, 0.3) is 11.8 Å². The molecule has 2 N–H and O–H groups in total. The molecule has 0 radical (unpaired) electrons. The van der Waals surface area contributed by atoms with E-state index in [1.807, 2.05) is 45.0 Å². The molecule has 0 unspecified atom stereocenters. The van der Waals surface area contributed by atoms with Gasteiger partial charge >= 0.3 is 0 Å². The molecule has 0 bridgehead atoms. The van der Waals surface area contributed by atoms with Crippen molar-refractivity contribution in [3.05, 3.63) is 65.0 Å². The number of benzene rings is 1. The molecule has 2 aromatic rings. The van der Waals surface area contributed by atoms with Crippen molar-refractivity contribution in [2.45, 2.75) is 33.4 Å². The molecule has 0 saturated carbocycles. The summed E-state index contributed by atoms with van der Waals surface area (Å²) >= 11 is 0. The van der Waals surface area contributed by atoms with Crippen molar-refractivity contribution in [3.63, 3.8) is 0 Å². The van der Waals surface area contributed by atoms with E-state index in [2.05, 4.69) is 15.6 Å². The Morgan fingerprint density at radius 3 is 2.43 bits per heavy atom. The van der Waals surface area contributed by atoms with Crippen LogP contribution in [0.4, 0.5) is 0 Å². The second-order valence-electron chi connectivity index (χ2n) is 5.73. The van der Waals surface area contributed by atoms with Crippen LogP contribution in [-0.4, -0.2) is 22.8 Å². The zero-order chi connectivity index (χ0) is 16.8. The summed E-state index contributed by atoms with van der Waals surface area (Å²) in [5, 5.41) is 5.60. The lowest BCUT2D eigenvalue weighted by molar-refractivity contribution is 0.0938. The number of hydrogen-bond donors (Lipinski definition) is 2. The number of hydrogen-bond acceptors (Lipinski definition) is 3. The first-order valence-corrected chi connectivity index (χ1v) is 7.56. The van der Waals surface area contributed by atoms with Crippen LogP contribution in [0, 0.1) is 6.92 Å². The van der Waals surface area contributed by atoms with Crippen molar-refractivity contribution in [2.75, 3.05) is 0 Å². The van der Waals surface area contributed by atoms with Gasteiger partial charge in [-0.15, -0.1) is 0 Å². The second-order valence-corrected chi connectivity index (χ2v) is 5.73. The summed E-state index contributed by atoms with van der Waals surface area (Å²) in [6.07, 6.45) is 1.47. The third kappa shape index (κ3) is 4.92. The first-order valence-electron chi connectivity index (χ1n) is 7.56. The Morgan fingerprint density at radius 1 is 1.09 bits per heavy atom. The summed E-state index contributed by atoms with van der Waals surface area (Å²) in [5.41, 5.74) is 2.86. The summed E-state index contributed by atoms with van der Waals surface area (Å²) in [7, 11) is 0. The SMILES string of the molecule is Cc1ccc(CNC(=O)c2ccnc(C(=O)NC(C)C)c2)cc1. The number of aryl methyl sites for hydroxylation is 1. The Bertz CT molecular complexity index is 694. The van der Waals surface area contributed by atoms with E-state index < -0.39 is 0 Å². The standard InChI is InChI=1S/C18H21N3O2/c1-12(2)21-18(23)16-10-15(8-9-19-16)17(22)20-11-14-6-4-13(3)5-7-14/h4-10,12H,11H2,1-3H3,(H,20,22)(H,21,23). The van der Waals surface area contributed by atoms with Crippen LogP contribution in [0.5, 0.6) is 0 Å². The van der Waals surface area contributed by atoms with Crippen molar-refractivity contribution in [1.29, 1.82) is 0 Å². The fourth-order valence-corrected chi connectivity index (χ4v) is 2.02. The van der Waals surface area contributed by atoms with Crippen molar-refractivity contribution in [3.8, 4) is 0 Å². The summed E-state index contributed by atoms with van der Waals surface area (Å²) in [5.74, 6) is -0.514. The Balaban J connectivity index is 2.02. The highest BCUT2D eigenvalue weighted by atomic mass is 16.2. The fourth-order valence-electron chi connectivity index (χ4n) is 2.02. The van der Waals surface area contributed by atoms with Crippen LogP contribution in [0.25, 0.3) is 0 Å². The highest BCUT2D eigenvalue weighted by Gasteiger charge is 2.12. The number of carbonyl (C=O) groups excluding carboxylic acids is 2. The van der Waals surface area contributed by atoms with Gasteiger partial charge in [0, 0.05) is 24.3 Å². The molecule has 1 heterocycles. The molecule has 0 aliphatic rings. The Kier molecular flexibility index (Phi) is 5.46. The molecule has 0 aliphatic heterocycles. The minimum atomic E-state index is -0.284. The molecule has 0 atom stereocenters. The zero-order valence-electron chi connectivity index (χ0n) is 13.6. The lowest BCUT2D eigenvalue weighted by Crippen LogP contribution is -2.31. The van der Waals surface area contributed by atoms with Gasteiger partial charge in [-0.1, -0.05) is 29.8 Å². The minimum Gasteiger partial charge on any atom is -0.349 e. The summed E-state index contributed by atoms with van der Waals surface area (Å²) in [4.78, 5) is 28.2. The van der Waals surface area contributed by atoms with Gasteiger partial charge in [-0.3, -0.25) is 14.6 Å². The van der Waals surface area contributed by atoms with E-state index in [0.717, 1.165) is 5.56 Å². The molecular formula is C18H21N3O2. The second kappa shape index (κ2) is 7.54. The molecule has 5 nitrogen and oxygen atoms in total. The first kappa shape index (κ1) is 16.7. The maximum Gasteiger partial charge on any atom is 0.270 e. The zero-order valence-corrected chi connectivity index (χ0v) is 13.6. The van der Waals surface area contributed by atoms with E-state index >= 15 is 0 Å². The minimum absolute atomic E-state index is 0.0170. The number of nitrogens with one attached hydrogen (secondary N) is 2. The van der Waals surface area contributed by atoms with Gasteiger partial charge in [-0.2, -0.15) is 0 Å². The van der Waals surface area contributed by atoms with E-state index in [0.29, 0.717) is 12.1 Å². The molecule has 0 saturated heterocycles. The van der Waals surface area contributed by atoms with Gasteiger partial charge in [0.2, 0.25) is 0 Å². The number of aromatic nitrogens is 1. The summed E-state index contributed by atoms with van der Waals surface area (Å²) < 4.78 is 0. The predicted octanol–water partition coefficient (Wildman–Crippen LogP) is 2.46. The van der Waals surface area contributed by atoms with Gasteiger partial charge in [0.05, 0.1) is 0 Å². The topological polar surface area (TPSA) is 71.1 Å².